The minimum atomic E-state index is -3.21. The van der Waals surface area contributed by atoms with Gasteiger partial charge in [0.15, 0.2) is 57.5 Å². The van der Waals surface area contributed by atoms with Crippen molar-refractivity contribution < 1.29 is 53.1 Å². The van der Waals surface area contributed by atoms with Crippen LogP contribution in [0, 0.1) is 28.6 Å². The largest absolute Gasteiger partial charge is 0.507 e. The number of nitriles is 1. The number of benzene rings is 3. The number of aromatic hydroxyl groups is 1. The molecule has 2 aliphatic heterocycles. The second kappa shape index (κ2) is 11.1. The molecule has 2 saturated carbocycles. The second-order valence-electron chi connectivity index (χ2n) is 14.0. The van der Waals surface area contributed by atoms with Crippen LogP contribution in [0.15, 0.2) is 42.5 Å². The van der Waals surface area contributed by atoms with E-state index in [1.54, 1.807) is 42.5 Å². The van der Waals surface area contributed by atoms with Gasteiger partial charge in [0.2, 0.25) is 19.5 Å². The third-order valence-corrected chi connectivity index (χ3v) is 11.4. The summed E-state index contributed by atoms with van der Waals surface area (Å²) in [5, 5.41) is 35.3. The lowest BCUT2D eigenvalue weighted by Crippen LogP contribution is -2.92. The number of rotatable bonds is 4. The van der Waals surface area contributed by atoms with Crippen LogP contribution in [0.5, 0.6) is 28.7 Å². The minimum absolute atomic E-state index is 0.0385. The zero-order valence-electron chi connectivity index (χ0n) is 28.1. The number of aliphatic hydroxyl groups is 1. The van der Waals surface area contributed by atoms with E-state index in [0.29, 0.717) is 22.8 Å². The Morgan fingerprint density at radius 1 is 0.925 bits per heavy atom. The van der Waals surface area contributed by atoms with Crippen molar-refractivity contribution >= 4 is 29.0 Å². The van der Waals surface area contributed by atoms with Crippen LogP contribution in [-0.4, -0.2) is 95.1 Å². The zero-order valence-corrected chi connectivity index (χ0v) is 28.1. The first-order chi connectivity index (χ1) is 25.1. The summed E-state index contributed by atoms with van der Waals surface area (Å²) in [6.45, 7) is -0.194. The van der Waals surface area contributed by atoms with E-state index in [-0.39, 0.29) is 41.6 Å². The molecule has 0 aromatic heterocycles. The van der Waals surface area contributed by atoms with E-state index in [4.69, 9.17) is 41.9 Å². The summed E-state index contributed by atoms with van der Waals surface area (Å²) in [6, 6.07) is 9.18. The number of ketones is 4. The van der Waals surface area contributed by atoms with Crippen molar-refractivity contribution in [3.63, 3.8) is 0 Å². The Morgan fingerprint density at radius 3 is 2.28 bits per heavy atom. The Labute approximate surface area is 299 Å². The van der Waals surface area contributed by atoms with E-state index < -0.39 is 86.9 Å². The number of carbonyl (C=O) groups excluding carboxylic acids is 5. The van der Waals surface area contributed by atoms with E-state index in [9.17, 15) is 29.9 Å². The van der Waals surface area contributed by atoms with Crippen LogP contribution >= 0.6 is 0 Å². The van der Waals surface area contributed by atoms with Gasteiger partial charge < -0.3 is 52.1 Å². The molecular formula is C36H32N6O11. The summed E-state index contributed by atoms with van der Waals surface area (Å²) in [7, 11) is 2.63. The van der Waals surface area contributed by atoms with Gasteiger partial charge in [-0.15, -0.1) is 0 Å². The van der Waals surface area contributed by atoms with Gasteiger partial charge in [-0.3, -0.25) is 28.9 Å². The van der Waals surface area contributed by atoms with Crippen molar-refractivity contribution in [2.24, 2.45) is 40.2 Å². The predicted octanol–water partition coefficient (Wildman–Crippen LogP) is -0.972. The van der Waals surface area contributed by atoms with Gasteiger partial charge in [-0.2, -0.15) is 5.26 Å². The molecule has 2 unspecified atom stereocenters. The molecule has 0 saturated heterocycles. The normalized spacial score (nSPS) is 32.2. The molecule has 0 bridgehead atoms. The summed E-state index contributed by atoms with van der Waals surface area (Å²) in [6.07, 6.45) is -2.42. The molecule has 272 valence electrons. The van der Waals surface area contributed by atoms with E-state index in [0.717, 1.165) is 4.90 Å². The lowest BCUT2D eigenvalue weighted by Gasteiger charge is -2.64. The van der Waals surface area contributed by atoms with Crippen molar-refractivity contribution in [3.8, 4) is 57.1 Å². The van der Waals surface area contributed by atoms with Gasteiger partial charge in [-0.1, -0.05) is 18.2 Å². The Kier molecular flexibility index (Phi) is 7.13. The fourth-order valence-electron chi connectivity index (χ4n) is 9.02. The Morgan fingerprint density at radius 2 is 1.60 bits per heavy atom. The number of Topliss-reactive ketones (excluding diaryl/α,β-unsaturated/α-hetero) is 4. The van der Waals surface area contributed by atoms with Gasteiger partial charge in [0.1, 0.15) is 11.7 Å². The third-order valence-electron chi connectivity index (χ3n) is 11.4. The summed E-state index contributed by atoms with van der Waals surface area (Å²) >= 11 is 0. The number of ether oxygens (including phenoxy) is 4. The first-order valence-corrected chi connectivity index (χ1v) is 16.3. The van der Waals surface area contributed by atoms with E-state index >= 15 is 9.59 Å². The molecule has 53 heavy (non-hydrogen) atoms. The Bertz CT molecular complexity index is 2290. The van der Waals surface area contributed by atoms with E-state index in [2.05, 4.69) is 0 Å². The molecule has 3 aromatic carbocycles. The molecule has 10 N–H and O–H groups in total. The van der Waals surface area contributed by atoms with Crippen molar-refractivity contribution in [1.29, 1.82) is 5.26 Å². The monoisotopic (exact) mass is 724 g/mol. The highest BCUT2D eigenvalue weighted by Gasteiger charge is 2.83. The van der Waals surface area contributed by atoms with Gasteiger partial charge in [0, 0.05) is 11.1 Å². The number of phenols is 1. The molecule has 17 heteroatoms. The SMILES string of the molecule is CN(C)[C@@H]1C(=O)C(C(N)=O)C(=O)[C@@]2(C#N)C(=O)C3C(=O)c4c(O)c(-c5cccc6c5OCO6)cc(-c5ccc6c(c5)OCO6)c4[C@H](N)[C@@]3(N)[C@H](O)[C@@]12N. The van der Waals surface area contributed by atoms with Crippen molar-refractivity contribution in [1.82, 2.24) is 4.90 Å². The molecule has 5 aliphatic rings. The fourth-order valence-corrected chi connectivity index (χ4v) is 9.02. The van der Waals surface area contributed by atoms with Crippen LogP contribution in [0.2, 0.25) is 0 Å². The Balaban J connectivity index is 1.44. The van der Waals surface area contributed by atoms with Crippen molar-refractivity contribution in [3.05, 3.63) is 53.6 Å². The van der Waals surface area contributed by atoms with Crippen LogP contribution in [0.25, 0.3) is 22.3 Å². The molecule has 1 amide bonds. The lowest BCUT2D eigenvalue weighted by atomic mass is 9.41. The fraction of sp³-hybridized carbons (Fsp3) is 0.333. The van der Waals surface area contributed by atoms with Crippen molar-refractivity contribution in [2.75, 3.05) is 27.7 Å². The first-order valence-electron chi connectivity index (χ1n) is 16.3. The van der Waals surface area contributed by atoms with Crippen LogP contribution in [0.4, 0.5) is 0 Å². The lowest BCUT2D eigenvalue weighted by molar-refractivity contribution is -0.181. The number of carbonyl (C=O) groups is 5. The van der Waals surface area contributed by atoms with E-state index in [1.165, 1.54) is 20.2 Å². The second-order valence-corrected chi connectivity index (χ2v) is 14.0. The number of para-hydroxylation sites is 1. The summed E-state index contributed by atoms with van der Waals surface area (Å²) in [5.74, 6) is -10.9. The molecular weight excluding hydrogens is 692 g/mol. The molecule has 3 aliphatic carbocycles. The molecule has 8 atom stereocenters. The third kappa shape index (κ3) is 3.93. The maximum atomic E-state index is 15.0. The van der Waals surface area contributed by atoms with Crippen LogP contribution in [0.3, 0.4) is 0 Å². The number of hydrogen-bond acceptors (Lipinski definition) is 16. The van der Waals surface area contributed by atoms with E-state index in [1.807, 2.05) is 0 Å². The highest BCUT2D eigenvalue weighted by molar-refractivity contribution is 6.34. The summed E-state index contributed by atoms with van der Waals surface area (Å²) in [5.41, 5.74) is 17.9. The number of hydrogen-bond donors (Lipinski definition) is 6. The minimum Gasteiger partial charge on any atom is -0.507 e. The number of amides is 1. The van der Waals surface area contributed by atoms with Gasteiger partial charge in [0.25, 0.3) is 0 Å². The summed E-state index contributed by atoms with van der Waals surface area (Å²) < 4.78 is 22.3. The number of nitrogens with zero attached hydrogens (tertiary/aromatic N) is 2. The standard InChI is InChI=1S/C36H32N6O11/c1-42(2)29-26(45)22(32(39)48)30(46)34(10-37)31(47)23-25(44)21-20(28(38)35(23,40)33(49)36(29,34)41)15(13-6-7-17-19(8-13)52-11-50-17)9-16(24(21)43)14-4-3-5-18-27(14)53-12-51-18/h3-9,22-23,28-29,33,43,49H,11-12,38,40-41H2,1-2H3,(H2,39,48)/t22?,23?,28-,29+,33-,34-,35+,36-/m0/s1. The predicted molar refractivity (Wildman–Crippen MR) is 179 cm³/mol. The van der Waals surface area contributed by atoms with Gasteiger partial charge in [-0.05, 0) is 55.1 Å². The van der Waals surface area contributed by atoms with Gasteiger partial charge in [0.05, 0.1) is 40.9 Å². The van der Waals surface area contributed by atoms with Crippen LogP contribution < -0.4 is 41.9 Å². The molecule has 2 fully saturated rings. The van der Waals surface area contributed by atoms with Crippen LogP contribution in [0.1, 0.15) is 22.0 Å². The van der Waals surface area contributed by atoms with Gasteiger partial charge in [-0.25, -0.2) is 0 Å². The molecule has 0 radical (unpaired) electrons. The number of phenolic OH excluding ortho intramolecular Hbond substituents is 1. The molecule has 2 heterocycles. The number of nitrogens with two attached hydrogens (primary N) is 4. The quantitative estimate of drug-likeness (QED) is 0.176. The van der Waals surface area contributed by atoms with Gasteiger partial charge >= 0.3 is 0 Å². The molecule has 3 aromatic rings. The molecule has 8 rings (SSSR count). The smallest absolute Gasteiger partial charge is 0.235 e. The topological polar surface area (TPSA) is 294 Å². The highest BCUT2D eigenvalue weighted by atomic mass is 16.7. The first kappa shape index (κ1) is 34.2. The number of fused-ring (bicyclic) bond motifs is 5. The average Bonchev–Trinajstić information content (AvgIpc) is 3.79. The number of likely N-dealkylation sites (N-methyl/N-ethyl adjacent to an activating group) is 1. The maximum Gasteiger partial charge on any atom is 0.235 e. The highest BCUT2D eigenvalue weighted by Crippen LogP contribution is 2.60. The number of primary amides is 1. The number of aliphatic hydroxyl groups excluding tert-OH is 1. The molecule has 17 nitrogen and oxygen atoms in total. The van der Waals surface area contributed by atoms with Crippen LogP contribution in [-0.2, 0) is 19.2 Å². The average molecular weight is 725 g/mol. The summed E-state index contributed by atoms with van der Waals surface area (Å²) in [4.78, 5) is 71.8. The Hall–Kier alpha value is -5.90. The zero-order chi connectivity index (χ0) is 38.1. The van der Waals surface area contributed by atoms with Crippen molar-refractivity contribution in [2.45, 2.75) is 29.3 Å². The maximum absolute atomic E-state index is 15.0. The molecule has 0 spiro atoms.